The summed E-state index contributed by atoms with van der Waals surface area (Å²) in [7, 11) is 3.26. The van der Waals surface area contributed by atoms with E-state index in [-0.39, 0.29) is 12.6 Å². The van der Waals surface area contributed by atoms with Crippen molar-refractivity contribution in [3.63, 3.8) is 0 Å². The molecule has 4 aromatic rings. The minimum atomic E-state index is -0.448. The molecule has 0 spiro atoms. The molecule has 2 aromatic carbocycles. The number of benzene rings is 2. The van der Waals surface area contributed by atoms with Crippen LogP contribution in [0.1, 0.15) is 34.1 Å². The number of aromatic nitrogens is 5. The Kier molecular flexibility index (Phi) is 8.14. The number of rotatable bonds is 11. The number of carbonyl (C=O) groups excluding carboxylic acids is 1. The molecule has 2 heterocycles. The predicted octanol–water partition coefficient (Wildman–Crippen LogP) is 3.78. The van der Waals surface area contributed by atoms with Crippen LogP contribution in [0, 0.1) is 6.92 Å². The first kappa shape index (κ1) is 25.4. The molecule has 0 amide bonds. The minimum absolute atomic E-state index is 0.262. The highest BCUT2D eigenvalue weighted by Gasteiger charge is 2.19. The van der Waals surface area contributed by atoms with E-state index in [1.54, 1.807) is 28.1 Å². The van der Waals surface area contributed by atoms with Crippen molar-refractivity contribution in [3.05, 3.63) is 77.1 Å². The fourth-order valence-corrected chi connectivity index (χ4v) is 3.49. The Labute approximate surface area is 214 Å². The van der Waals surface area contributed by atoms with Crippen LogP contribution in [0.25, 0.3) is 5.95 Å². The Balaban J connectivity index is 1.60. The van der Waals surface area contributed by atoms with Crippen molar-refractivity contribution in [1.82, 2.24) is 24.7 Å². The number of hydrogen-bond acceptors (Lipinski definition) is 10. The van der Waals surface area contributed by atoms with E-state index in [1.165, 1.54) is 10.9 Å². The first-order chi connectivity index (χ1) is 18.0. The van der Waals surface area contributed by atoms with E-state index in [9.17, 15) is 4.79 Å². The first-order valence-electron chi connectivity index (χ1n) is 11.7. The van der Waals surface area contributed by atoms with Crippen molar-refractivity contribution in [2.75, 3.05) is 31.5 Å². The summed E-state index contributed by atoms with van der Waals surface area (Å²) in [6.45, 7) is 4.76. The second-order valence-electron chi connectivity index (χ2n) is 7.96. The lowest BCUT2D eigenvalue weighted by Gasteiger charge is -2.12. The van der Waals surface area contributed by atoms with Crippen LogP contribution in [0.3, 0.4) is 0 Å². The zero-order valence-corrected chi connectivity index (χ0v) is 21.2. The summed E-state index contributed by atoms with van der Waals surface area (Å²) in [5.74, 6) is 2.08. The standard InChI is InChI=1S/C26H29N7O4/c1-5-37-23(34)22-16-29-33(17(22)2)26-31-24(27-14-18-6-10-20(35-3)11-7-18)30-25(32-26)28-15-19-8-12-21(36-4)13-9-19/h6-13,16H,5,14-15H2,1-4H3,(H2,27,28,30,31,32). The molecule has 2 aromatic heterocycles. The maximum absolute atomic E-state index is 12.3. The van der Waals surface area contributed by atoms with Gasteiger partial charge in [-0.2, -0.15) is 20.1 Å². The molecule has 11 heteroatoms. The molecule has 0 saturated carbocycles. The van der Waals surface area contributed by atoms with Crippen molar-refractivity contribution in [1.29, 1.82) is 0 Å². The number of ether oxygens (including phenoxy) is 3. The molecule has 0 radical (unpaired) electrons. The Morgan fingerprint density at radius 3 is 1.81 bits per heavy atom. The topological polar surface area (TPSA) is 125 Å². The van der Waals surface area contributed by atoms with Crippen LogP contribution in [-0.4, -0.2) is 51.5 Å². The summed E-state index contributed by atoms with van der Waals surface area (Å²) in [5, 5.41) is 10.8. The average Bonchev–Trinajstić information content (AvgIpc) is 3.32. The van der Waals surface area contributed by atoms with Gasteiger partial charge in [0.15, 0.2) is 0 Å². The highest BCUT2D eigenvalue weighted by Crippen LogP contribution is 2.18. The van der Waals surface area contributed by atoms with Crippen molar-refractivity contribution in [2.24, 2.45) is 0 Å². The van der Waals surface area contributed by atoms with Gasteiger partial charge in [-0.3, -0.25) is 0 Å². The van der Waals surface area contributed by atoms with Gasteiger partial charge in [0, 0.05) is 13.1 Å². The van der Waals surface area contributed by atoms with Gasteiger partial charge in [0.25, 0.3) is 5.95 Å². The number of carbonyl (C=O) groups is 1. The van der Waals surface area contributed by atoms with E-state index in [0.29, 0.717) is 36.2 Å². The summed E-state index contributed by atoms with van der Waals surface area (Å²) in [6.07, 6.45) is 1.45. The SMILES string of the molecule is CCOC(=O)c1cnn(-c2nc(NCc3ccc(OC)cc3)nc(NCc3ccc(OC)cc3)n2)c1C. The Morgan fingerprint density at radius 2 is 1.35 bits per heavy atom. The highest BCUT2D eigenvalue weighted by molar-refractivity contribution is 5.90. The van der Waals surface area contributed by atoms with Crippen LogP contribution in [0.4, 0.5) is 11.9 Å². The molecule has 0 bridgehead atoms. The van der Waals surface area contributed by atoms with Crippen molar-refractivity contribution in [3.8, 4) is 17.4 Å². The Morgan fingerprint density at radius 1 is 0.838 bits per heavy atom. The summed E-state index contributed by atoms with van der Waals surface area (Å²) in [5.41, 5.74) is 2.96. The molecule has 37 heavy (non-hydrogen) atoms. The Hall–Kier alpha value is -4.67. The molecule has 192 valence electrons. The third-order valence-corrected chi connectivity index (χ3v) is 5.54. The van der Waals surface area contributed by atoms with Crippen LogP contribution in [0.5, 0.6) is 11.5 Å². The molecule has 2 N–H and O–H groups in total. The predicted molar refractivity (Wildman–Crippen MR) is 138 cm³/mol. The number of methoxy groups -OCH3 is 2. The third-order valence-electron chi connectivity index (χ3n) is 5.54. The fraction of sp³-hybridized carbons (Fsp3) is 0.269. The molecule has 0 aliphatic heterocycles. The summed E-state index contributed by atoms with van der Waals surface area (Å²) < 4.78 is 17.1. The van der Waals surface area contributed by atoms with Gasteiger partial charge in [0.1, 0.15) is 17.1 Å². The summed E-state index contributed by atoms with van der Waals surface area (Å²) in [6, 6.07) is 15.4. The summed E-state index contributed by atoms with van der Waals surface area (Å²) >= 11 is 0. The molecular weight excluding hydrogens is 474 g/mol. The molecular formula is C26H29N7O4. The maximum atomic E-state index is 12.3. The van der Waals surface area contributed by atoms with Gasteiger partial charge < -0.3 is 24.8 Å². The molecule has 11 nitrogen and oxygen atoms in total. The van der Waals surface area contributed by atoms with Crippen LogP contribution in [-0.2, 0) is 17.8 Å². The highest BCUT2D eigenvalue weighted by atomic mass is 16.5. The van der Waals surface area contributed by atoms with E-state index in [2.05, 4.69) is 30.7 Å². The quantitative estimate of drug-likeness (QED) is 0.292. The fourth-order valence-electron chi connectivity index (χ4n) is 3.49. The van der Waals surface area contributed by atoms with Crippen LogP contribution in [0.15, 0.2) is 54.7 Å². The van der Waals surface area contributed by atoms with Crippen molar-refractivity contribution in [2.45, 2.75) is 26.9 Å². The zero-order chi connectivity index (χ0) is 26.2. The molecule has 0 fully saturated rings. The molecule has 0 aliphatic carbocycles. The van der Waals surface area contributed by atoms with E-state index in [1.807, 2.05) is 48.5 Å². The van der Waals surface area contributed by atoms with Crippen molar-refractivity contribution >= 4 is 17.9 Å². The second kappa shape index (κ2) is 11.8. The minimum Gasteiger partial charge on any atom is -0.497 e. The van der Waals surface area contributed by atoms with Gasteiger partial charge in [-0.15, -0.1) is 0 Å². The third kappa shape index (κ3) is 6.31. The molecule has 0 saturated heterocycles. The van der Waals surface area contributed by atoms with E-state index >= 15 is 0 Å². The van der Waals surface area contributed by atoms with E-state index < -0.39 is 5.97 Å². The van der Waals surface area contributed by atoms with E-state index in [4.69, 9.17) is 14.2 Å². The number of esters is 1. The van der Waals surface area contributed by atoms with Crippen LogP contribution in [0.2, 0.25) is 0 Å². The average molecular weight is 504 g/mol. The Bertz CT molecular complexity index is 1270. The first-order valence-corrected chi connectivity index (χ1v) is 11.7. The smallest absolute Gasteiger partial charge is 0.341 e. The number of anilines is 2. The summed E-state index contributed by atoms with van der Waals surface area (Å²) in [4.78, 5) is 25.9. The lowest BCUT2D eigenvalue weighted by Crippen LogP contribution is -2.14. The van der Waals surface area contributed by atoms with Gasteiger partial charge in [-0.25, -0.2) is 9.48 Å². The second-order valence-corrected chi connectivity index (χ2v) is 7.96. The molecule has 4 rings (SSSR count). The number of nitrogens with one attached hydrogen (secondary N) is 2. The number of hydrogen-bond donors (Lipinski definition) is 2. The maximum Gasteiger partial charge on any atom is 0.341 e. The largest absolute Gasteiger partial charge is 0.497 e. The molecule has 0 unspecified atom stereocenters. The lowest BCUT2D eigenvalue weighted by molar-refractivity contribution is 0.0525. The molecule has 0 atom stereocenters. The van der Waals surface area contributed by atoms with Gasteiger partial charge >= 0.3 is 5.97 Å². The van der Waals surface area contributed by atoms with Gasteiger partial charge in [-0.05, 0) is 49.2 Å². The monoisotopic (exact) mass is 503 g/mol. The van der Waals surface area contributed by atoms with Crippen LogP contribution >= 0.6 is 0 Å². The van der Waals surface area contributed by atoms with E-state index in [0.717, 1.165) is 22.6 Å². The van der Waals surface area contributed by atoms with Crippen molar-refractivity contribution < 1.29 is 19.0 Å². The van der Waals surface area contributed by atoms with Gasteiger partial charge in [0.05, 0.1) is 32.7 Å². The zero-order valence-electron chi connectivity index (χ0n) is 21.2. The van der Waals surface area contributed by atoms with Gasteiger partial charge in [-0.1, -0.05) is 24.3 Å². The normalized spacial score (nSPS) is 10.6. The molecule has 0 aliphatic rings. The number of nitrogens with zero attached hydrogens (tertiary/aromatic N) is 5. The van der Waals surface area contributed by atoms with Gasteiger partial charge in [0.2, 0.25) is 11.9 Å². The lowest BCUT2D eigenvalue weighted by atomic mass is 10.2. The van der Waals surface area contributed by atoms with Crippen LogP contribution < -0.4 is 20.1 Å².